The Morgan fingerprint density at radius 2 is 1.75 bits per heavy atom. The summed E-state index contributed by atoms with van der Waals surface area (Å²) in [6.45, 7) is -0.0153. The second-order valence-corrected chi connectivity index (χ2v) is 7.94. The monoisotopic (exact) mass is 386 g/mol. The minimum absolute atomic E-state index is 0.0153. The predicted octanol–water partition coefficient (Wildman–Crippen LogP) is 3.19. The normalized spacial score (nSPS) is 11.1. The van der Waals surface area contributed by atoms with Crippen molar-refractivity contribution in [1.82, 2.24) is 5.32 Å². The number of halogens is 2. The highest BCUT2D eigenvalue weighted by atomic mass is 35.5. The van der Waals surface area contributed by atoms with Crippen molar-refractivity contribution < 1.29 is 13.2 Å². The predicted molar refractivity (Wildman–Crippen MR) is 97.4 cm³/mol. The van der Waals surface area contributed by atoms with Gasteiger partial charge in [0.1, 0.15) is 0 Å². The summed E-state index contributed by atoms with van der Waals surface area (Å²) in [5, 5.41) is 3.17. The van der Waals surface area contributed by atoms with Gasteiger partial charge in [0.15, 0.2) is 0 Å². The number of rotatable bonds is 6. The van der Waals surface area contributed by atoms with Crippen molar-refractivity contribution in [2.45, 2.75) is 0 Å². The summed E-state index contributed by atoms with van der Waals surface area (Å²) < 4.78 is 25.8. The molecule has 0 radical (unpaired) electrons. The molecule has 128 valence electrons. The van der Waals surface area contributed by atoms with E-state index < -0.39 is 15.9 Å². The van der Waals surface area contributed by atoms with Crippen molar-refractivity contribution in [1.29, 1.82) is 0 Å². The van der Waals surface area contributed by atoms with Crippen LogP contribution >= 0.6 is 23.2 Å². The molecule has 0 heterocycles. The standard InChI is InChI=1S/C16H16Cl2N2O3S/c1-20(13-5-3-2-4-6-13)24(22,23)10-9-19-16(21)12-7-8-14(17)15(18)11-12/h2-8,11H,9-10H2,1H3,(H,19,21). The molecule has 0 aliphatic carbocycles. The van der Waals surface area contributed by atoms with Gasteiger partial charge in [-0.1, -0.05) is 41.4 Å². The van der Waals surface area contributed by atoms with Crippen LogP contribution in [0.5, 0.6) is 0 Å². The van der Waals surface area contributed by atoms with Crippen LogP contribution in [-0.4, -0.2) is 33.7 Å². The average Bonchev–Trinajstić information content (AvgIpc) is 2.57. The average molecular weight is 387 g/mol. The molecule has 0 aliphatic rings. The Bertz CT molecular complexity index is 826. The van der Waals surface area contributed by atoms with Crippen molar-refractivity contribution in [3.05, 3.63) is 64.1 Å². The fourth-order valence-corrected chi connectivity index (χ4v) is 3.34. The van der Waals surface area contributed by atoms with Crippen LogP contribution in [0, 0.1) is 0 Å². The first-order valence-electron chi connectivity index (χ1n) is 7.06. The van der Waals surface area contributed by atoms with Crippen LogP contribution in [0.2, 0.25) is 10.0 Å². The van der Waals surface area contributed by atoms with Crippen LogP contribution in [0.25, 0.3) is 0 Å². The van der Waals surface area contributed by atoms with E-state index in [1.807, 2.05) is 0 Å². The van der Waals surface area contributed by atoms with Crippen molar-refractivity contribution in [2.75, 3.05) is 23.7 Å². The lowest BCUT2D eigenvalue weighted by molar-refractivity contribution is 0.0956. The summed E-state index contributed by atoms with van der Waals surface area (Å²) in [4.78, 5) is 12.0. The molecule has 0 unspecified atom stereocenters. The molecular formula is C16H16Cl2N2O3S. The van der Waals surface area contributed by atoms with E-state index in [1.54, 1.807) is 30.3 Å². The number of nitrogens with zero attached hydrogens (tertiary/aromatic N) is 1. The van der Waals surface area contributed by atoms with Crippen molar-refractivity contribution in [3.8, 4) is 0 Å². The fraction of sp³-hybridized carbons (Fsp3) is 0.188. The third-order valence-corrected chi connectivity index (χ3v) is 5.87. The summed E-state index contributed by atoms with van der Waals surface area (Å²) in [5.74, 6) is -0.628. The molecule has 24 heavy (non-hydrogen) atoms. The van der Waals surface area contributed by atoms with E-state index in [0.717, 1.165) is 0 Å². The SMILES string of the molecule is CN(c1ccccc1)S(=O)(=O)CCNC(=O)c1ccc(Cl)c(Cl)c1. The Balaban J connectivity index is 1.95. The zero-order valence-corrected chi connectivity index (χ0v) is 15.2. The van der Waals surface area contributed by atoms with E-state index in [1.165, 1.54) is 29.6 Å². The number of carbonyl (C=O) groups is 1. The van der Waals surface area contributed by atoms with Crippen LogP contribution in [0.1, 0.15) is 10.4 Å². The lowest BCUT2D eigenvalue weighted by Crippen LogP contribution is -2.35. The molecule has 0 aromatic heterocycles. The number of benzene rings is 2. The highest BCUT2D eigenvalue weighted by Gasteiger charge is 2.18. The number of nitrogens with one attached hydrogen (secondary N) is 1. The molecule has 1 amide bonds. The van der Waals surface area contributed by atoms with Gasteiger partial charge in [-0.3, -0.25) is 9.10 Å². The van der Waals surface area contributed by atoms with Crippen LogP contribution in [0.3, 0.4) is 0 Å². The molecular weight excluding hydrogens is 371 g/mol. The van der Waals surface area contributed by atoms with Gasteiger partial charge in [0.25, 0.3) is 5.91 Å². The Labute approximate surface area is 151 Å². The molecule has 8 heteroatoms. The van der Waals surface area contributed by atoms with Gasteiger partial charge in [0.2, 0.25) is 10.0 Å². The largest absolute Gasteiger partial charge is 0.351 e. The highest BCUT2D eigenvalue weighted by molar-refractivity contribution is 7.92. The molecule has 1 N–H and O–H groups in total. The smallest absolute Gasteiger partial charge is 0.251 e. The van der Waals surface area contributed by atoms with Gasteiger partial charge < -0.3 is 5.32 Å². The molecule has 0 aliphatic heterocycles. The maximum absolute atomic E-state index is 12.3. The quantitative estimate of drug-likeness (QED) is 0.828. The number of carbonyl (C=O) groups excluding carboxylic acids is 1. The molecule has 0 saturated heterocycles. The molecule has 2 aromatic carbocycles. The first kappa shape index (κ1) is 18.6. The van der Waals surface area contributed by atoms with Crippen molar-refractivity contribution in [3.63, 3.8) is 0 Å². The zero-order valence-electron chi connectivity index (χ0n) is 12.9. The first-order chi connectivity index (χ1) is 11.3. The molecule has 0 fully saturated rings. The second kappa shape index (κ2) is 7.88. The number of hydrogen-bond acceptors (Lipinski definition) is 3. The van der Waals surface area contributed by atoms with E-state index in [9.17, 15) is 13.2 Å². The number of hydrogen-bond donors (Lipinski definition) is 1. The summed E-state index contributed by atoms with van der Waals surface area (Å²) in [6, 6.07) is 13.2. The topological polar surface area (TPSA) is 66.5 Å². The van der Waals surface area contributed by atoms with Gasteiger partial charge in [-0.25, -0.2) is 8.42 Å². The number of para-hydroxylation sites is 1. The summed E-state index contributed by atoms with van der Waals surface area (Å²) >= 11 is 11.7. The molecule has 0 atom stereocenters. The Morgan fingerprint density at radius 1 is 1.08 bits per heavy atom. The summed E-state index contributed by atoms with van der Waals surface area (Å²) in [6.07, 6.45) is 0. The number of amides is 1. The van der Waals surface area contributed by atoms with E-state index in [0.29, 0.717) is 16.3 Å². The Morgan fingerprint density at radius 3 is 2.38 bits per heavy atom. The molecule has 0 bridgehead atoms. The van der Waals surface area contributed by atoms with Gasteiger partial charge in [-0.15, -0.1) is 0 Å². The Hall–Kier alpha value is -1.76. The molecule has 2 rings (SSSR count). The van der Waals surface area contributed by atoms with Crippen LogP contribution < -0.4 is 9.62 Å². The maximum atomic E-state index is 12.3. The molecule has 0 spiro atoms. The highest BCUT2D eigenvalue weighted by Crippen LogP contribution is 2.22. The fourth-order valence-electron chi connectivity index (χ4n) is 1.97. The van der Waals surface area contributed by atoms with E-state index in [4.69, 9.17) is 23.2 Å². The summed E-state index contributed by atoms with van der Waals surface area (Å²) in [7, 11) is -2.06. The third kappa shape index (κ3) is 4.63. The van der Waals surface area contributed by atoms with Crippen molar-refractivity contribution >= 4 is 44.8 Å². The van der Waals surface area contributed by atoms with Gasteiger partial charge in [-0.05, 0) is 30.3 Å². The maximum Gasteiger partial charge on any atom is 0.251 e. The van der Waals surface area contributed by atoms with E-state index in [2.05, 4.69) is 5.32 Å². The molecule has 5 nitrogen and oxygen atoms in total. The van der Waals surface area contributed by atoms with Gasteiger partial charge in [0, 0.05) is 19.2 Å². The van der Waals surface area contributed by atoms with Crippen LogP contribution in [0.4, 0.5) is 5.69 Å². The lowest BCUT2D eigenvalue weighted by Gasteiger charge is -2.19. The lowest BCUT2D eigenvalue weighted by atomic mass is 10.2. The Kier molecular flexibility index (Phi) is 6.10. The second-order valence-electron chi connectivity index (χ2n) is 5.00. The number of anilines is 1. The van der Waals surface area contributed by atoms with Gasteiger partial charge in [-0.2, -0.15) is 0 Å². The van der Waals surface area contributed by atoms with Crippen LogP contribution in [0.15, 0.2) is 48.5 Å². The van der Waals surface area contributed by atoms with E-state index in [-0.39, 0.29) is 17.3 Å². The van der Waals surface area contributed by atoms with Crippen LogP contribution in [-0.2, 0) is 10.0 Å². The summed E-state index contributed by atoms with van der Waals surface area (Å²) in [5.41, 5.74) is 0.881. The minimum Gasteiger partial charge on any atom is -0.351 e. The van der Waals surface area contributed by atoms with Gasteiger partial charge in [0.05, 0.1) is 21.5 Å². The number of sulfonamides is 1. The molecule has 0 saturated carbocycles. The van der Waals surface area contributed by atoms with Gasteiger partial charge >= 0.3 is 0 Å². The first-order valence-corrected chi connectivity index (χ1v) is 9.42. The zero-order chi connectivity index (χ0) is 17.7. The molecule has 2 aromatic rings. The minimum atomic E-state index is -3.53. The van der Waals surface area contributed by atoms with E-state index >= 15 is 0 Å². The third-order valence-electron chi connectivity index (χ3n) is 3.36. The van der Waals surface area contributed by atoms with Crippen molar-refractivity contribution in [2.24, 2.45) is 0 Å².